The average Bonchev–Trinajstić information content (AvgIpc) is 3.05. The van der Waals surface area contributed by atoms with Gasteiger partial charge in [-0.05, 0) is 29.8 Å². The highest BCUT2D eigenvalue weighted by molar-refractivity contribution is 9.10. The molecule has 5 heteroatoms. The van der Waals surface area contributed by atoms with Gasteiger partial charge in [-0.1, -0.05) is 40.2 Å². The van der Waals surface area contributed by atoms with Gasteiger partial charge in [0.1, 0.15) is 0 Å². The van der Waals surface area contributed by atoms with Gasteiger partial charge in [0.05, 0.1) is 6.42 Å². The maximum Gasteiger partial charge on any atom is 0.227 e. The van der Waals surface area contributed by atoms with Gasteiger partial charge in [0.2, 0.25) is 5.91 Å². The van der Waals surface area contributed by atoms with E-state index in [1.165, 1.54) is 5.69 Å². The molecule has 1 amide bonds. The van der Waals surface area contributed by atoms with E-state index in [9.17, 15) is 4.79 Å². The number of nitrogens with zero attached hydrogens (tertiary/aromatic N) is 2. The normalized spacial score (nSPS) is 14.9. The summed E-state index contributed by atoms with van der Waals surface area (Å²) in [7, 11) is 0. The first-order chi connectivity index (χ1) is 12.2. The van der Waals surface area contributed by atoms with Gasteiger partial charge in [0, 0.05) is 53.4 Å². The fraction of sp³-hybridized carbons (Fsp3) is 0.250. The van der Waals surface area contributed by atoms with Crippen molar-refractivity contribution in [1.29, 1.82) is 0 Å². The van der Waals surface area contributed by atoms with Crippen LogP contribution in [0.1, 0.15) is 5.56 Å². The Morgan fingerprint density at radius 2 is 1.84 bits per heavy atom. The fourth-order valence-corrected chi connectivity index (χ4v) is 3.83. The molecule has 4 rings (SSSR count). The molecule has 1 saturated heterocycles. The molecule has 25 heavy (non-hydrogen) atoms. The molecule has 0 spiro atoms. The molecule has 0 atom stereocenters. The number of halogens is 1. The molecule has 0 radical (unpaired) electrons. The van der Waals surface area contributed by atoms with E-state index in [4.69, 9.17) is 0 Å². The number of amides is 1. The Bertz CT molecular complexity index is 897. The van der Waals surface area contributed by atoms with Crippen molar-refractivity contribution in [3.63, 3.8) is 0 Å². The highest BCUT2D eigenvalue weighted by Crippen LogP contribution is 2.22. The summed E-state index contributed by atoms with van der Waals surface area (Å²) in [6.07, 6.45) is 2.42. The number of rotatable bonds is 3. The summed E-state index contributed by atoms with van der Waals surface area (Å²) in [6.45, 7) is 3.29. The highest BCUT2D eigenvalue weighted by Gasteiger charge is 2.22. The number of carbonyl (C=O) groups excluding carboxylic acids is 1. The van der Waals surface area contributed by atoms with Crippen molar-refractivity contribution in [3.8, 4) is 0 Å². The first kappa shape index (κ1) is 16.2. The Kier molecular flexibility index (Phi) is 4.49. The van der Waals surface area contributed by atoms with E-state index in [0.717, 1.165) is 47.1 Å². The quantitative estimate of drug-likeness (QED) is 0.729. The summed E-state index contributed by atoms with van der Waals surface area (Å²) in [4.78, 5) is 20.3. The van der Waals surface area contributed by atoms with E-state index in [1.54, 1.807) is 0 Å². The number of para-hydroxylation sites is 1. The lowest BCUT2D eigenvalue weighted by molar-refractivity contribution is -0.130. The molecule has 0 aliphatic carbocycles. The van der Waals surface area contributed by atoms with E-state index in [0.29, 0.717) is 6.42 Å². The topological polar surface area (TPSA) is 39.3 Å². The van der Waals surface area contributed by atoms with Crippen LogP contribution in [0, 0.1) is 0 Å². The molecular weight excluding hydrogens is 378 g/mol. The van der Waals surface area contributed by atoms with Gasteiger partial charge in [-0.3, -0.25) is 4.79 Å². The number of piperazine rings is 1. The minimum absolute atomic E-state index is 0.207. The monoisotopic (exact) mass is 397 g/mol. The molecule has 1 N–H and O–H groups in total. The molecule has 1 aliphatic heterocycles. The van der Waals surface area contributed by atoms with E-state index in [1.807, 2.05) is 41.4 Å². The molecule has 2 aromatic carbocycles. The number of hydrogen-bond donors (Lipinski definition) is 1. The van der Waals surface area contributed by atoms with Gasteiger partial charge in [-0.2, -0.15) is 0 Å². The summed E-state index contributed by atoms with van der Waals surface area (Å²) >= 11 is 3.52. The predicted octanol–water partition coefficient (Wildman–Crippen LogP) is 3.82. The Morgan fingerprint density at radius 1 is 1.04 bits per heavy atom. The zero-order chi connectivity index (χ0) is 17.2. The van der Waals surface area contributed by atoms with Crippen LogP contribution in [-0.2, 0) is 11.2 Å². The zero-order valence-corrected chi connectivity index (χ0v) is 15.5. The number of nitrogens with one attached hydrogen (secondary N) is 1. The van der Waals surface area contributed by atoms with Gasteiger partial charge in [-0.15, -0.1) is 0 Å². The number of anilines is 1. The van der Waals surface area contributed by atoms with Gasteiger partial charge in [-0.25, -0.2) is 0 Å². The standard InChI is InChI=1S/C20H20BrN3O/c21-16-4-3-5-17(13-16)23-8-10-24(11-9-23)20(25)12-15-14-22-19-7-2-1-6-18(15)19/h1-7,13-14,22H,8-12H2. The number of hydrogen-bond acceptors (Lipinski definition) is 2. The predicted molar refractivity (Wildman–Crippen MR) is 105 cm³/mol. The van der Waals surface area contributed by atoms with Crippen molar-refractivity contribution in [1.82, 2.24) is 9.88 Å². The average molecular weight is 398 g/mol. The summed E-state index contributed by atoms with van der Waals surface area (Å²) in [5, 5.41) is 1.14. The molecule has 128 valence electrons. The largest absolute Gasteiger partial charge is 0.368 e. The van der Waals surface area contributed by atoms with Crippen LogP contribution in [0.4, 0.5) is 5.69 Å². The molecule has 1 aliphatic rings. The number of carbonyl (C=O) groups is 1. The number of aromatic amines is 1. The Morgan fingerprint density at radius 3 is 2.64 bits per heavy atom. The van der Waals surface area contributed by atoms with Crippen molar-refractivity contribution in [2.24, 2.45) is 0 Å². The van der Waals surface area contributed by atoms with Crippen LogP contribution in [-0.4, -0.2) is 42.0 Å². The third-order valence-corrected chi connectivity index (χ3v) is 5.32. The van der Waals surface area contributed by atoms with Crippen molar-refractivity contribution >= 4 is 38.4 Å². The lowest BCUT2D eigenvalue weighted by Gasteiger charge is -2.36. The van der Waals surface area contributed by atoms with Crippen LogP contribution in [0.2, 0.25) is 0 Å². The van der Waals surface area contributed by atoms with Crippen LogP contribution in [0.25, 0.3) is 10.9 Å². The lowest BCUT2D eigenvalue weighted by Crippen LogP contribution is -2.49. The molecular formula is C20H20BrN3O. The Balaban J connectivity index is 1.40. The Labute approximate surface area is 155 Å². The SMILES string of the molecule is O=C(Cc1c[nH]c2ccccc12)N1CCN(c2cccc(Br)c2)CC1. The summed E-state index contributed by atoms with van der Waals surface area (Å²) in [5.41, 5.74) is 3.37. The number of fused-ring (bicyclic) bond motifs is 1. The van der Waals surface area contributed by atoms with Gasteiger partial charge in [0.25, 0.3) is 0 Å². The molecule has 3 aromatic rings. The maximum absolute atomic E-state index is 12.7. The van der Waals surface area contributed by atoms with Crippen LogP contribution in [0.5, 0.6) is 0 Å². The molecule has 2 heterocycles. The molecule has 0 saturated carbocycles. The molecule has 4 nitrogen and oxygen atoms in total. The zero-order valence-electron chi connectivity index (χ0n) is 13.9. The van der Waals surface area contributed by atoms with Crippen LogP contribution in [0.3, 0.4) is 0 Å². The molecule has 0 bridgehead atoms. The summed E-state index contributed by atoms with van der Waals surface area (Å²) < 4.78 is 1.09. The third kappa shape index (κ3) is 3.42. The van der Waals surface area contributed by atoms with E-state index in [2.05, 4.69) is 44.0 Å². The van der Waals surface area contributed by atoms with Crippen LogP contribution >= 0.6 is 15.9 Å². The summed E-state index contributed by atoms with van der Waals surface area (Å²) in [6, 6.07) is 16.5. The molecule has 0 unspecified atom stereocenters. The number of benzene rings is 2. The van der Waals surface area contributed by atoms with Crippen molar-refractivity contribution in [2.45, 2.75) is 6.42 Å². The second kappa shape index (κ2) is 6.92. The molecule has 1 aromatic heterocycles. The highest BCUT2D eigenvalue weighted by atomic mass is 79.9. The summed E-state index contributed by atoms with van der Waals surface area (Å²) in [5.74, 6) is 0.207. The van der Waals surface area contributed by atoms with Gasteiger partial charge < -0.3 is 14.8 Å². The number of H-pyrrole nitrogens is 1. The van der Waals surface area contributed by atoms with Gasteiger partial charge >= 0.3 is 0 Å². The minimum atomic E-state index is 0.207. The minimum Gasteiger partial charge on any atom is -0.368 e. The van der Waals surface area contributed by atoms with Crippen molar-refractivity contribution in [3.05, 3.63) is 64.8 Å². The number of aromatic nitrogens is 1. The van der Waals surface area contributed by atoms with Crippen molar-refractivity contribution in [2.75, 3.05) is 31.1 Å². The van der Waals surface area contributed by atoms with E-state index >= 15 is 0 Å². The smallest absolute Gasteiger partial charge is 0.227 e. The van der Waals surface area contributed by atoms with E-state index < -0.39 is 0 Å². The lowest BCUT2D eigenvalue weighted by atomic mass is 10.1. The second-order valence-corrected chi connectivity index (χ2v) is 7.30. The van der Waals surface area contributed by atoms with E-state index in [-0.39, 0.29) is 5.91 Å². The first-order valence-corrected chi connectivity index (χ1v) is 9.33. The third-order valence-electron chi connectivity index (χ3n) is 4.82. The van der Waals surface area contributed by atoms with Crippen molar-refractivity contribution < 1.29 is 4.79 Å². The molecule has 1 fully saturated rings. The Hall–Kier alpha value is -2.27. The van der Waals surface area contributed by atoms with Crippen LogP contribution < -0.4 is 4.90 Å². The second-order valence-electron chi connectivity index (χ2n) is 6.38. The first-order valence-electron chi connectivity index (χ1n) is 8.54. The van der Waals surface area contributed by atoms with Gasteiger partial charge in [0.15, 0.2) is 0 Å². The maximum atomic E-state index is 12.7. The van der Waals surface area contributed by atoms with Crippen LogP contribution in [0.15, 0.2) is 59.2 Å². The fourth-order valence-electron chi connectivity index (χ4n) is 3.44.